The molecule has 37 heavy (non-hydrogen) atoms. The molecule has 3 amide bonds. The lowest BCUT2D eigenvalue weighted by Crippen LogP contribution is -2.52. The van der Waals surface area contributed by atoms with E-state index in [9.17, 15) is 9.59 Å². The van der Waals surface area contributed by atoms with E-state index in [1.807, 2.05) is 47.4 Å². The number of aromatic nitrogens is 1. The predicted octanol–water partition coefficient (Wildman–Crippen LogP) is 2.78. The van der Waals surface area contributed by atoms with Gasteiger partial charge in [0.15, 0.2) is 11.5 Å². The highest BCUT2D eigenvalue weighted by molar-refractivity contribution is 5.98. The van der Waals surface area contributed by atoms with E-state index < -0.39 is 0 Å². The third kappa shape index (κ3) is 5.69. The fourth-order valence-corrected chi connectivity index (χ4v) is 4.35. The maximum absolute atomic E-state index is 13.0. The highest BCUT2D eigenvalue weighted by Crippen LogP contribution is 2.32. The number of carbonyl (C=O) groups is 2. The van der Waals surface area contributed by atoms with Crippen LogP contribution in [-0.4, -0.2) is 61.9 Å². The molecule has 10 heteroatoms. The largest absolute Gasteiger partial charge is 0.497 e. The van der Waals surface area contributed by atoms with Crippen LogP contribution in [0.5, 0.6) is 17.2 Å². The summed E-state index contributed by atoms with van der Waals surface area (Å²) in [6.07, 6.45) is 1.68. The Morgan fingerprint density at radius 1 is 0.919 bits per heavy atom. The van der Waals surface area contributed by atoms with Crippen molar-refractivity contribution in [2.24, 2.45) is 0 Å². The van der Waals surface area contributed by atoms with E-state index in [2.05, 4.69) is 15.6 Å². The van der Waals surface area contributed by atoms with Gasteiger partial charge in [0.25, 0.3) is 5.91 Å². The normalized spacial score (nSPS) is 14.3. The molecule has 2 aromatic carbocycles. The fraction of sp³-hybridized carbons (Fsp3) is 0.296. The third-order valence-electron chi connectivity index (χ3n) is 6.37. The van der Waals surface area contributed by atoms with Gasteiger partial charge in [0.05, 0.1) is 12.7 Å². The van der Waals surface area contributed by atoms with Crippen LogP contribution in [0, 0.1) is 0 Å². The number of amides is 3. The standard InChI is InChI=1S/C27H29N5O5/c1-35-21-5-2-4-19(14-21)17-30-27(34)32-12-10-31(11-13-32)25-22(6-3-9-28-25)26(33)29-16-20-7-8-23-24(15-20)37-18-36-23/h2-9,14-15H,10-13,16-18H2,1H3,(H,29,33)(H,30,34). The Bertz CT molecular complexity index is 1280. The number of carbonyl (C=O) groups excluding carboxylic acids is 2. The van der Waals surface area contributed by atoms with Gasteiger partial charge in [-0.15, -0.1) is 0 Å². The molecule has 0 aliphatic carbocycles. The second-order valence-corrected chi connectivity index (χ2v) is 8.73. The molecule has 3 aromatic rings. The molecule has 1 aromatic heterocycles. The van der Waals surface area contributed by atoms with Gasteiger partial charge < -0.3 is 34.6 Å². The van der Waals surface area contributed by atoms with Gasteiger partial charge in [0.1, 0.15) is 11.6 Å². The first kappa shape index (κ1) is 24.2. The summed E-state index contributed by atoms with van der Waals surface area (Å²) < 4.78 is 16.0. The van der Waals surface area contributed by atoms with Crippen LogP contribution in [0.15, 0.2) is 60.8 Å². The summed E-state index contributed by atoms with van der Waals surface area (Å²) in [6.45, 7) is 3.19. The predicted molar refractivity (Wildman–Crippen MR) is 137 cm³/mol. The van der Waals surface area contributed by atoms with Crippen LogP contribution in [0.2, 0.25) is 0 Å². The van der Waals surface area contributed by atoms with E-state index in [1.165, 1.54) is 0 Å². The van der Waals surface area contributed by atoms with Gasteiger partial charge >= 0.3 is 6.03 Å². The number of anilines is 1. The number of rotatable bonds is 7. The van der Waals surface area contributed by atoms with Gasteiger partial charge in [0.2, 0.25) is 6.79 Å². The Kier molecular flexibility index (Phi) is 7.25. The van der Waals surface area contributed by atoms with E-state index in [0.717, 1.165) is 16.9 Å². The van der Waals surface area contributed by atoms with Crippen molar-refractivity contribution in [3.8, 4) is 17.2 Å². The van der Waals surface area contributed by atoms with Crippen LogP contribution in [0.3, 0.4) is 0 Å². The average Bonchev–Trinajstić information content (AvgIpc) is 3.43. The number of hydrogen-bond acceptors (Lipinski definition) is 7. The Morgan fingerprint density at radius 3 is 2.54 bits per heavy atom. The minimum absolute atomic E-state index is 0.120. The minimum Gasteiger partial charge on any atom is -0.497 e. The third-order valence-corrected chi connectivity index (χ3v) is 6.37. The summed E-state index contributed by atoms with van der Waals surface area (Å²) in [4.78, 5) is 34.0. The number of nitrogens with one attached hydrogen (secondary N) is 2. The van der Waals surface area contributed by atoms with E-state index in [1.54, 1.807) is 30.3 Å². The number of benzene rings is 2. The zero-order valence-corrected chi connectivity index (χ0v) is 20.6. The summed E-state index contributed by atoms with van der Waals surface area (Å²) in [5.74, 6) is 2.55. The molecular weight excluding hydrogens is 474 g/mol. The van der Waals surface area contributed by atoms with Crippen LogP contribution in [0.25, 0.3) is 0 Å². The Labute approximate surface area is 215 Å². The van der Waals surface area contributed by atoms with Crippen LogP contribution in [0.1, 0.15) is 21.5 Å². The summed E-state index contributed by atoms with van der Waals surface area (Å²) in [6, 6.07) is 16.6. The molecule has 3 heterocycles. The lowest BCUT2D eigenvalue weighted by molar-refractivity contribution is 0.0950. The van der Waals surface area contributed by atoms with Crippen molar-refractivity contribution in [3.63, 3.8) is 0 Å². The van der Waals surface area contributed by atoms with E-state index in [-0.39, 0.29) is 18.7 Å². The molecule has 0 unspecified atom stereocenters. The molecular formula is C27H29N5O5. The van der Waals surface area contributed by atoms with Gasteiger partial charge in [-0.3, -0.25) is 4.79 Å². The molecule has 0 bridgehead atoms. The highest BCUT2D eigenvalue weighted by atomic mass is 16.7. The molecule has 2 aliphatic heterocycles. The van der Waals surface area contributed by atoms with Crippen LogP contribution in [0.4, 0.5) is 10.6 Å². The molecule has 5 rings (SSSR count). The zero-order chi connectivity index (χ0) is 25.6. The monoisotopic (exact) mass is 503 g/mol. The Balaban J connectivity index is 1.15. The number of fused-ring (bicyclic) bond motifs is 1. The number of urea groups is 1. The van der Waals surface area contributed by atoms with Gasteiger partial charge in [-0.05, 0) is 47.5 Å². The van der Waals surface area contributed by atoms with E-state index in [0.29, 0.717) is 62.1 Å². The van der Waals surface area contributed by atoms with E-state index >= 15 is 0 Å². The number of methoxy groups -OCH3 is 1. The molecule has 0 saturated carbocycles. The number of ether oxygens (including phenoxy) is 3. The first-order valence-corrected chi connectivity index (χ1v) is 12.1. The van der Waals surface area contributed by atoms with Crippen molar-refractivity contribution in [2.45, 2.75) is 13.1 Å². The zero-order valence-electron chi connectivity index (χ0n) is 20.6. The number of piperazine rings is 1. The quantitative estimate of drug-likeness (QED) is 0.511. The van der Waals surface area contributed by atoms with Crippen molar-refractivity contribution in [1.29, 1.82) is 0 Å². The van der Waals surface area contributed by atoms with Gasteiger partial charge in [-0.1, -0.05) is 18.2 Å². The maximum Gasteiger partial charge on any atom is 0.317 e. The molecule has 0 atom stereocenters. The molecule has 2 aliphatic rings. The molecule has 0 radical (unpaired) electrons. The fourth-order valence-electron chi connectivity index (χ4n) is 4.35. The SMILES string of the molecule is COc1cccc(CNC(=O)N2CCN(c3ncccc3C(=O)NCc3ccc4c(c3)OCO4)CC2)c1. The second kappa shape index (κ2) is 11.1. The lowest BCUT2D eigenvalue weighted by atomic mass is 10.1. The summed E-state index contributed by atoms with van der Waals surface area (Å²) in [7, 11) is 1.62. The smallest absolute Gasteiger partial charge is 0.317 e. The lowest BCUT2D eigenvalue weighted by Gasteiger charge is -2.36. The van der Waals surface area contributed by atoms with Crippen molar-refractivity contribution in [1.82, 2.24) is 20.5 Å². The van der Waals surface area contributed by atoms with Gasteiger partial charge in [0, 0.05) is 45.5 Å². The number of nitrogens with zero attached hydrogens (tertiary/aromatic N) is 3. The van der Waals surface area contributed by atoms with E-state index in [4.69, 9.17) is 14.2 Å². The van der Waals surface area contributed by atoms with Gasteiger partial charge in [-0.25, -0.2) is 9.78 Å². The molecule has 1 fully saturated rings. The highest BCUT2D eigenvalue weighted by Gasteiger charge is 2.25. The Hall–Kier alpha value is -4.47. The van der Waals surface area contributed by atoms with Crippen LogP contribution >= 0.6 is 0 Å². The van der Waals surface area contributed by atoms with Crippen LogP contribution < -0.4 is 29.7 Å². The maximum atomic E-state index is 13.0. The van der Waals surface area contributed by atoms with Crippen molar-refractivity contribution < 1.29 is 23.8 Å². The summed E-state index contributed by atoms with van der Waals surface area (Å²) in [5, 5.41) is 5.94. The minimum atomic E-state index is -0.209. The second-order valence-electron chi connectivity index (χ2n) is 8.73. The summed E-state index contributed by atoms with van der Waals surface area (Å²) >= 11 is 0. The Morgan fingerprint density at radius 2 is 1.70 bits per heavy atom. The molecule has 0 spiro atoms. The number of hydrogen-bond donors (Lipinski definition) is 2. The first-order chi connectivity index (χ1) is 18.1. The molecule has 192 valence electrons. The summed E-state index contributed by atoms with van der Waals surface area (Å²) in [5.41, 5.74) is 2.38. The topological polar surface area (TPSA) is 105 Å². The molecule has 2 N–H and O–H groups in total. The molecule has 1 saturated heterocycles. The van der Waals surface area contributed by atoms with Crippen LogP contribution in [-0.2, 0) is 13.1 Å². The number of pyridine rings is 1. The van der Waals surface area contributed by atoms with Gasteiger partial charge in [-0.2, -0.15) is 0 Å². The van der Waals surface area contributed by atoms with Crippen molar-refractivity contribution in [3.05, 3.63) is 77.5 Å². The average molecular weight is 504 g/mol. The molecule has 10 nitrogen and oxygen atoms in total. The first-order valence-electron chi connectivity index (χ1n) is 12.1. The van der Waals surface area contributed by atoms with Crippen molar-refractivity contribution >= 4 is 17.8 Å². The van der Waals surface area contributed by atoms with Crippen molar-refractivity contribution in [2.75, 3.05) is 45.0 Å².